The van der Waals surface area contributed by atoms with Crippen LogP contribution in [0.3, 0.4) is 0 Å². The Kier molecular flexibility index (Phi) is 15.2. The smallest absolute Gasteiger partial charge is 0.0954 e. The van der Waals surface area contributed by atoms with Crippen molar-refractivity contribution in [3.05, 3.63) is 41.0 Å². The number of thiazole rings is 1. The van der Waals surface area contributed by atoms with Gasteiger partial charge in [0.2, 0.25) is 0 Å². The maximum atomic E-state index is 4.53. The lowest BCUT2D eigenvalue weighted by Gasteiger charge is -2.10. The Hall–Kier alpha value is -1.17. The summed E-state index contributed by atoms with van der Waals surface area (Å²) in [5, 5.41) is 9.71. The van der Waals surface area contributed by atoms with E-state index in [0.717, 1.165) is 12.2 Å². The molecule has 1 atom stereocenters. The van der Waals surface area contributed by atoms with Crippen LogP contribution < -0.4 is 10.6 Å². The number of piperidine rings is 1. The first-order chi connectivity index (χ1) is 13.0. The van der Waals surface area contributed by atoms with E-state index in [9.17, 15) is 0 Å². The molecule has 2 aliphatic rings. The van der Waals surface area contributed by atoms with Gasteiger partial charge in [-0.25, -0.2) is 4.98 Å². The van der Waals surface area contributed by atoms with E-state index in [0.29, 0.717) is 12.0 Å². The van der Waals surface area contributed by atoms with Crippen molar-refractivity contribution in [1.82, 2.24) is 20.5 Å². The van der Waals surface area contributed by atoms with Crippen LogP contribution in [0.25, 0.3) is 0 Å². The molecule has 1 aliphatic heterocycles. The third kappa shape index (κ3) is 12.8. The predicted octanol–water partition coefficient (Wildman–Crippen LogP) is 5.16. The minimum absolute atomic E-state index is 0.535. The molecular weight excluding hydrogens is 352 g/mol. The summed E-state index contributed by atoms with van der Waals surface area (Å²) in [6.45, 7) is 19.1. The molecule has 2 fully saturated rings. The highest BCUT2D eigenvalue weighted by atomic mass is 32.1. The molecule has 2 N–H and O–H groups in total. The first-order valence-corrected chi connectivity index (χ1v) is 11.2. The maximum Gasteiger partial charge on any atom is 0.0954 e. The Morgan fingerprint density at radius 3 is 2.19 bits per heavy atom. The van der Waals surface area contributed by atoms with Crippen LogP contribution in [0.2, 0.25) is 0 Å². The molecule has 156 valence electrons. The highest BCUT2D eigenvalue weighted by molar-refractivity contribution is 7.09. The van der Waals surface area contributed by atoms with Gasteiger partial charge in [-0.05, 0) is 45.6 Å². The fourth-order valence-corrected chi connectivity index (χ4v) is 3.12. The van der Waals surface area contributed by atoms with Crippen molar-refractivity contribution in [2.45, 2.75) is 71.9 Å². The summed E-state index contributed by atoms with van der Waals surface area (Å²) in [6, 6.07) is 0.657. The molecule has 2 heterocycles. The van der Waals surface area contributed by atoms with Crippen molar-refractivity contribution >= 4 is 11.3 Å². The summed E-state index contributed by atoms with van der Waals surface area (Å²) in [6.07, 6.45) is 7.22. The van der Waals surface area contributed by atoms with E-state index in [1.165, 1.54) is 49.4 Å². The minimum atomic E-state index is 0.535. The lowest BCUT2D eigenvalue weighted by Crippen LogP contribution is -2.21. The zero-order chi connectivity index (χ0) is 20.7. The number of nitrogens with one attached hydrogen (secondary N) is 2. The lowest BCUT2D eigenvalue weighted by atomic mass is 10.2. The van der Waals surface area contributed by atoms with Crippen molar-refractivity contribution in [3.63, 3.8) is 0 Å². The van der Waals surface area contributed by atoms with Gasteiger partial charge < -0.3 is 15.5 Å². The Morgan fingerprint density at radius 2 is 1.93 bits per heavy atom. The first-order valence-electron chi connectivity index (χ1n) is 10.3. The number of nitrogens with zero attached hydrogens (tertiary/aromatic N) is 2. The third-order valence-electron chi connectivity index (χ3n) is 4.14. The molecule has 1 saturated carbocycles. The van der Waals surface area contributed by atoms with Gasteiger partial charge in [-0.3, -0.25) is 0 Å². The van der Waals surface area contributed by atoms with Gasteiger partial charge in [-0.15, -0.1) is 11.3 Å². The maximum absolute atomic E-state index is 4.53. The Balaban J connectivity index is 0.000000400. The van der Waals surface area contributed by atoms with Gasteiger partial charge >= 0.3 is 0 Å². The standard InChI is InChI=1S/C10H16N2S.C5H9N.C5H11N.C2H6/c1-5-12(4)6-9-7-13-10(11-9)8(2)3;1-4-3-5(4)6-2;1-2-4-6-5-3-1;1-2/h5,7-8H,1,6H2,2-4H3;5-6H,1,3H2,2H3;6H,1-5H2;1-2H3. The molecule has 27 heavy (non-hydrogen) atoms. The van der Waals surface area contributed by atoms with E-state index < -0.39 is 0 Å². The van der Waals surface area contributed by atoms with Gasteiger partial charge in [-0.2, -0.15) is 0 Å². The van der Waals surface area contributed by atoms with E-state index in [-0.39, 0.29) is 0 Å². The second-order valence-electron chi connectivity index (χ2n) is 6.94. The van der Waals surface area contributed by atoms with Gasteiger partial charge in [0.15, 0.2) is 0 Å². The van der Waals surface area contributed by atoms with Crippen molar-refractivity contribution in [3.8, 4) is 0 Å². The number of hydrogen-bond acceptors (Lipinski definition) is 5. The molecule has 1 aromatic rings. The van der Waals surface area contributed by atoms with Crippen molar-refractivity contribution in [1.29, 1.82) is 0 Å². The first kappa shape index (κ1) is 25.8. The second kappa shape index (κ2) is 15.8. The van der Waals surface area contributed by atoms with Gasteiger partial charge in [0.1, 0.15) is 0 Å². The monoisotopic (exact) mass is 394 g/mol. The molecule has 1 aliphatic carbocycles. The predicted molar refractivity (Wildman–Crippen MR) is 123 cm³/mol. The molecule has 5 heteroatoms. The molecule has 0 radical (unpaired) electrons. The lowest BCUT2D eigenvalue weighted by molar-refractivity contribution is 0.446. The highest BCUT2D eigenvalue weighted by Gasteiger charge is 2.24. The molecule has 0 amide bonds. The number of hydrogen-bond donors (Lipinski definition) is 2. The quantitative estimate of drug-likeness (QED) is 0.677. The van der Waals surface area contributed by atoms with E-state index in [1.807, 2.05) is 39.0 Å². The van der Waals surface area contributed by atoms with Crippen LogP contribution >= 0.6 is 11.3 Å². The second-order valence-corrected chi connectivity index (χ2v) is 7.83. The molecule has 0 aromatic carbocycles. The average Bonchev–Trinajstić information content (AvgIpc) is 3.23. The zero-order valence-corrected chi connectivity index (χ0v) is 19.3. The van der Waals surface area contributed by atoms with Crippen molar-refractivity contribution < 1.29 is 0 Å². The Labute approximate surface area is 172 Å². The molecule has 3 rings (SSSR count). The van der Waals surface area contributed by atoms with Crippen LogP contribution in [0, 0.1) is 0 Å². The fourth-order valence-electron chi connectivity index (χ4n) is 2.29. The average molecular weight is 395 g/mol. The van der Waals surface area contributed by atoms with E-state index in [2.05, 4.69) is 48.0 Å². The molecule has 4 nitrogen and oxygen atoms in total. The van der Waals surface area contributed by atoms with Crippen LogP contribution in [0.4, 0.5) is 0 Å². The Morgan fingerprint density at radius 1 is 1.33 bits per heavy atom. The summed E-state index contributed by atoms with van der Waals surface area (Å²) in [5.41, 5.74) is 2.48. The number of likely N-dealkylation sites (N-methyl/N-ethyl adjacent to an activating group) is 1. The van der Waals surface area contributed by atoms with Gasteiger partial charge in [0.05, 0.1) is 17.2 Å². The van der Waals surface area contributed by atoms with E-state index in [1.54, 1.807) is 11.3 Å². The highest BCUT2D eigenvalue weighted by Crippen LogP contribution is 2.25. The minimum Gasteiger partial charge on any atom is -0.375 e. The SMILES string of the molecule is C1CCNCC1.C=C1CC1NC.C=CN(C)Cc1csc(C(C)C)n1.CC. The molecular formula is C22H42N4S. The van der Waals surface area contributed by atoms with Crippen LogP contribution in [0.15, 0.2) is 30.3 Å². The van der Waals surface area contributed by atoms with Crippen LogP contribution in [-0.4, -0.2) is 43.1 Å². The molecule has 0 bridgehead atoms. The van der Waals surface area contributed by atoms with Crippen molar-refractivity contribution in [2.24, 2.45) is 0 Å². The van der Waals surface area contributed by atoms with E-state index >= 15 is 0 Å². The van der Waals surface area contributed by atoms with Gasteiger partial charge in [0, 0.05) is 24.4 Å². The van der Waals surface area contributed by atoms with Gasteiger partial charge in [-0.1, -0.05) is 52.8 Å². The fraction of sp³-hybridized carbons (Fsp3) is 0.682. The number of aromatic nitrogens is 1. The van der Waals surface area contributed by atoms with Crippen molar-refractivity contribution in [2.75, 3.05) is 27.2 Å². The summed E-state index contributed by atoms with van der Waals surface area (Å²) in [5.74, 6) is 0.535. The summed E-state index contributed by atoms with van der Waals surface area (Å²) in [4.78, 5) is 6.55. The molecule has 1 unspecified atom stereocenters. The summed E-state index contributed by atoms with van der Waals surface area (Å²) < 4.78 is 0. The summed E-state index contributed by atoms with van der Waals surface area (Å²) >= 11 is 1.74. The van der Waals surface area contributed by atoms with Crippen LogP contribution in [0.5, 0.6) is 0 Å². The normalized spacial score (nSPS) is 17.4. The van der Waals surface area contributed by atoms with E-state index in [4.69, 9.17) is 0 Å². The zero-order valence-electron chi connectivity index (χ0n) is 18.5. The molecule has 0 spiro atoms. The molecule has 1 saturated heterocycles. The largest absolute Gasteiger partial charge is 0.375 e. The van der Waals surface area contributed by atoms with Crippen LogP contribution in [-0.2, 0) is 6.54 Å². The van der Waals surface area contributed by atoms with Crippen LogP contribution in [0.1, 0.15) is 70.0 Å². The van der Waals surface area contributed by atoms with Gasteiger partial charge in [0.25, 0.3) is 0 Å². The molecule has 1 aromatic heterocycles. The Bertz CT molecular complexity index is 495. The number of rotatable bonds is 5. The topological polar surface area (TPSA) is 40.2 Å². The third-order valence-corrected chi connectivity index (χ3v) is 5.34. The summed E-state index contributed by atoms with van der Waals surface area (Å²) in [7, 11) is 3.96.